The molecule has 0 spiro atoms. The summed E-state index contributed by atoms with van der Waals surface area (Å²) in [5.41, 5.74) is 2.08. The van der Waals surface area contributed by atoms with Crippen LogP contribution in [-0.2, 0) is 11.3 Å². The third-order valence-corrected chi connectivity index (χ3v) is 3.96. The van der Waals surface area contributed by atoms with Gasteiger partial charge in [0.15, 0.2) is 6.61 Å². The fraction of sp³-hybridized carbons (Fsp3) is 0.316. The Labute approximate surface area is 135 Å². The number of amides is 1. The van der Waals surface area contributed by atoms with Crippen molar-refractivity contribution in [3.8, 4) is 5.75 Å². The van der Waals surface area contributed by atoms with Gasteiger partial charge in [-0.3, -0.25) is 4.79 Å². The number of benzene rings is 2. The standard InChI is InChI=1S/C19H20FNO2/c1-14-2-10-18(11-3-14)23-13-19(22)21(17-8-9-17)12-15-4-6-16(20)7-5-15/h2-7,10-11,17H,8-9,12-13H2,1H3. The maximum absolute atomic E-state index is 13.0. The van der Waals surface area contributed by atoms with Crippen molar-refractivity contribution in [1.82, 2.24) is 4.90 Å². The molecule has 1 saturated carbocycles. The monoisotopic (exact) mass is 313 g/mol. The molecule has 0 atom stereocenters. The van der Waals surface area contributed by atoms with Gasteiger partial charge in [-0.2, -0.15) is 0 Å². The fourth-order valence-corrected chi connectivity index (χ4v) is 2.46. The first-order valence-corrected chi connectivity index (χ1v) is 7.85. The molecule has 3 rings (SSSR count). The molecule has 1 aliphatic carbocycles. The molecule has 1 amide bonds. The second kappa shape index (κ2) is 6.82. The minimum absolute atomic E-state index is 0.0285. The highest BCUT2D eigenvalue weighted by molar-refractivity contribution is 5.78. The number of carbonyl (C=O) groups is 1. The van der Waals surface area contributed by atoms with E-state index in [0.29, 0.717) is 12.3 Å². The van der Waals surface area contributed by atoms with E-state index in [4.69, 9.17) is 4.74 Å². The van der Waals surface area contributed by atoms with Gasteiger partial charge in [0.05, 0.1) is 0 Å². The number of hydrogen-bond donors (Lipinski definition) is 0. The van der Waals surface area contributed by atoms with Gasteiger partial charge < -0.3 is 9.64 Å². The summed E-state index contributed by atoms with van der Waals surface area (Å²) in [4.78, 5) is 14.3. The molecule has 0 heterocycles. The number of ether oxygens (including phenoxy) is 1. The molecule has 0 unspecified atom stereocenters. The van der Waals surface area contributed by atoms with Crippen LogP contribution >= 0.6 is 0 Å². The Kier molecular flexibility index (Phi) is 4.60. The molecular weight excluding hydrogens is 293 g/mol. The van der Waals surface area contributed by atoms with Gasteiger partial charge >= 0.3 is 0 Å². The van der Waals surface area contributed by atoms with E-state index in [1.54, 1.807) is 12.1 Å². The van der Waals surface area contributed by atoms with Crippen LogP contribution in [0.4, 0.5) is 4.39 Å². The number of carbonyl (C=O) groups excluding carboxylic acids is 1. The van der Waals surface area contributed by atoms with Gasteiger partial charge in [-0.15, -0.1) is 0 Å². The minimum Gasteiger partial charge on any atom is -0.484 e. The highest BCUT2D eigenvalue weighted by atomic mass is 19.1. The van der Waals surface area contributed by atoms with Gasteiger partial charge in [-0.1, -0.05) is 29.8 Å². The second-order valence-corrected chi connectivity index (χ2v) is 5.98. The van der Waals surface area contributed by atoms with Crippen molar-refractivity contribution in [2.75, 3.05) is 6.61 Å². The molecule has 2 aromatic rings. The summed E-state index contributed by atoms with van der Waals surface area (Å²) < 4.78 is 18.6. The second-order valence-electron chi connectivity index (χ2n) is 5.98. The van der Waals surface area contributed by atoms with Crippen molar-refractivity contribution in [3.63, 3.8) is 0 Å². The lowest BCUT2D eigenvalue weighted by molar-refractivity contribution is -0.134. The van der Waals surface area contributed by atoms with E-state index in [-0.39, 0.29) is 24.4 Å². The predicted molar refractivity (Wildman–Crippen MR) is 86.6 cm³/mol. The summed E-state index contributed by atoms with van der Waals surface area (Å²) in [6.07, 6.45) is 2.05. The topological polar surface area (TPSA) is 29.5 Å². The van der Waals surface area contributed by atoms with Crippen LogP contribution in [-0.4, -0.2) is 23.5 Å². The molecule has 0 saturated heterocycles. The molecule has 2 aromatic carbocycles. The fourth-order valence-electron chi connectivity index (χ4n) is 2.46. The maximum Gasteiger partial charge on any atom is 0.261 e. The van der Waals surface area contributed by atoms with Crippen LogP contribution in [0.3, 0.4) is 0 Å². The molecule has 1 aliphatic rings. The van der Waals surface area contributed by atoms with Crippen LogP contribution in [0, 0.1) is 12.7 Å². The molecule has 0 N–H and O–H groups in total. The predicted octanol–water partition coefficient (Wildman–Crippen LogP) is 3.70. The lowest BCUT2D eigenvalue weighted by Crippen LogP contribution is -2.36. The zero-order chi connectivity index (χ0) is 16.2. The van der Waals surface area contributed by atoms with E-state index in [9.17, 15) is 9.18 Å². The van der Waals surface area contributed by atoms with Gasteiger partial charge in [0.25, 0.3) is 5.91 Å². The Bertz CT molecular complexity index is 663. The molecule has 0 aliphatic heterocycles. The van der Waals surface area contributed by atoms with E-state index in [1.165, 1.54) is 12.1 Å². The molecule has 3 nitrogen and oxygen atoms in total. The lowest BCUT2D eigenvalue weighted by Gasteiger charge is -2.22. The van der Waals surface area contributed by atoms with Gasteiger partial charge in [0.2, 0.25) is 0 Å². The average Bonchev–Trinajstić information content (AvgIpc) is 3.38. The molecule has 0 aromatic heterocycles. The quantitative estimate of drug-likeness (QED) is 0.814. The Morgan fingerprint density at radius 2 is 1.78 bits per heavy atom. The zero-order valence-electron chi connectivity index (χ0n) is 13.2. The Morgan fingerprint density at radius 3 is 2.39 bits per heavy atom. The summed E-state index contributed by atoms with van der Waals surface area (Å²) in [6.45, 7) is 2.54. The van der Waals surface area contributed by atoms with Crippen LogP contribution in [0.2, 0.25) is 0 Å². The summed E-state index contributed by atoms with van der Waals surface area (Å²) in [5.74, 6) is 0.402. The van der Waals surface area contributed by atoms with Crippen molar-refractivity contribution in [2.24, 2.45) is 0 Å². The summed E-state index contributed by atoms with van der Waals surface area (Å²) >= 11 is 0. The van der Waals surface area contributed by atoms with E-state index in [2.05, 4.69) is 0 Å². The third kappa shape index (κ3) is 4.31. The first kappa shape index (κ1) is 15.5. The number of nitrogens with zero attached hydrogens (tertiary/aromatic N) is 1. The Hall–Kier alpha value is -2.36. The van der Waals surface area contributed by atoms with E-state index >= 15 is 0 Å². The van der Waals surface area contributed by atoms with Crippen molar-refractivity contribution < 1.29 is 13.9 Å². The van der Waals surface area contributed by atoms with E-state index in [0.717, 1.165) is 24.0 Å². The van der Waals surface area contributed by atoms with Crippen molar-refractivity contribution in [1.29, 1.82) is 0 Å². The van der Waals surface area contributed by atoms with Gasteiger partial charge in [-0.05, 0) is 49.6 Å². The van der Waals surface area contributed by atoms with Crippen molar-refractivity contribution in [3.05, 3.63) is 65.5 Å². The smallest absolute Gasteiger partial charge is 0.261 e. The number of rotatable bonds is 6. The number of aryl methyl sites for hydroxylation is 1. The van der Waals surface area contributed by atoms with Crippen LogP contribution in [0.5, 0.6) is 5.75 Å². The first-order chi connectivity index (χ1) is 11.1. The van der Waals surface area contributed by atoms with E-state index < -0.39 is 0 Å². The number of hydrogen-bond acceptors (Lipinski definition) is 2. The van der Waals surface area contributed by atoms with Gasteiger partial charge in [-0.25, -0.2) is 4.39 Å². The number of halogens is 1. The minimum atomic E-state index is -0.263. The Morgan fingerprint density at radius 1 is 1.13 bits per heavy atom. The summed E-state index contributed by atoms with van der Waals surface area (Å²) in [7, 11) is 0. The molecule has 0 radical (unpaired) electrons. The van der Waals surface area contributed by atoms with Crippen molar-refractivity contribution >= 4 is 5.91 Å². The molecule has 120 valence electrons. The largest absolute Gasteiger partial charge is 0.484 e. The van der Waals surface area contributed by atoms with Crippen molar-refractivity contribution in [2.45, 2.75) is 32.4 Å². The van der Waals surface area contributed by atoms with Gasteiger partial charge in [0.1, 0.15) is 11.6 Å². The molecule has 0 bridgehead atoms. The average molecular weight is 313 g/mol. The lowest BCUT2D eigenvalue weighted by atomic mass is 10.2. The normalized spacial score (nSPS) is 13.7. The first-order valence-electron chi connectivity index (χ1n) is 7.85. The molecular formula is C19H20FNO2. The van der Waals surface area contributed by atoms with Crippen LogP contribution in [0.1, 0.15) is 24.0 Å². The third-order valence-electron chi connectivity index (χ3n) is 3.96. The maximum atomic E-state index is 13.0. The van der Waals surface area contributed by atoms with E-state index in [1.807, 2.05) is 36.1 Å². The molecule has 1 fully saturated rings. The molecule has 4 heteroatoms. The van der Waals surface area contributed by atoms with Crippen LogP contribution < -0.4 is 4.74 Å². The zero-order valence-corrected chi connectivity index (χ0v) is 13.2. The summed E-state index contributed by atoms with van der Waals surface area (Å²) in [5, 5.41) is 0. The molecule has 23 heavy (non-hydrogen) atoms. The SMILES string of the molecule is Cc1ccc(OCC(=O)N(Cc2ccc(F)cc2)C2CC2)cc1. The highest BCUT2D eigenvalue weighted by Gasteiger charge is 2.32. The van der Waals surface area contributed by atoms with Crippen LogP contribution in [0.25, 0.3) is 0 Å². The summed E-state index contributed by atoms with van der Waals surface area (Å²) in [6, 6.07) is 14.2. The highest BCUT2D eigenvalue weighted by Crippen LogP contribution is 2.28. The van der Waals surface area contributed by atoms with Crippen LogP contribution in [0.15, 0.2) is 48.5 Å². The van der Waals surface area contributed by atoms with Gasteiger partial charge in [0, 0.05) is 12.6 Å². The Balaban J connectivity index is 1.60.